The molecule has 4 rings (SSSR count). The molecule has 2 atom stereocenters. The van der Waals surface area contributed by atoms with Gasteiger partial charge in [0.05, 0.1) is 10.6 Å². The number of anilines is 2. The minimum absolute atomic E-state index is 0.0190. The molecule has 11 nitrogen and oxygen atoms in total. The fraction of sp³-hybridized carbons (Fsp3) is 0.167. The zero-order chi connectivity index (χ0) is 21.4. The third kappa shape index (κ3) is 3.41. The van der Waals surface area contributed by atoms with Crippen molar-refractivity contribution in [2.45, 2.75) is 12.1 Å². The van der Waals surface area contributed by atoms with Gasteiger partial charge in [0.2, 0.25) is 5.91 Å². The van der Waals surface area contributed by atoms with E-state index in [4.69, 9.17) is 0 Å². The van der Waals surface area contributed by atoms with Gasteiger partial charge in [-0.25, -0.2) is 4.90 Å². The summed E-state index contributed by atoms with van der Waals surface area (Å²) in [6, 6.07) is 10.2. The Morgan fingerprint density at radius 1 is 1.13 bits per heavy atom. The number of halogens is 1. The quantitative estimate of drug-likeness (QED) is 0.402. The standard InChI is InChI=1S/C18H13BrN6O5/c19-10-5-7-11(8-6-10)24-17(27)15-16(18(24)28)23(22-21-15)9-14(26)20-12-3-1-2-4-13(12)25(29)30/h1-8,15-16H,9H2,(H,20,26)/t15-,16-/m1/s1. The van der Waals surface area contributed by atoms with E-state index in [-0.39, 0.29) is 11.4 Å². The zero-order valence-electron chi connectivity index (χ0n) is 15.1. The number of nitro groups is 1. The molecule has 0 spiro atoms. The summed E-state index contributed by atoms with van der Waals surface area (Å²) in [6.45, 7) is -0.399. The van der Waals surface area contributed by atoms with Crippen LogP contribution in [0.1, 0.15) is 0 Å². The monoisotopic (exact) mass is 472 g/mol. The molecule has 2 heterocycles. The van der Waals surface area contributed by atoms with Gasteiger partial charge in [-0.05, 0) is 30.3 Å². The highest BCUT2D eigenvalue weighted by Gasteiger charge is 2.55. The molecule has 0 unspecified atom stereocenters. The summed E-state index contributed by atoms with van der Waals surface area (Å²) in [4.78, 5) is 49.5. The molecule has 2 aromatic carbocycles. The van der Waals surface area contributed by atoms with Crippen LogP contribution >= 0.6 is 15.9 Å². The number of rotatable bonds is 5. The van der Waals surface area contributed by atoms with Crippen molar-refractivity contribution in [3.63, 3.8) is 0 Å². The second-order valence-electron chi connectivity index (χ2n) is 6.50. The van der Waals surface area contributed by atoms with E-state index in [0.717, 1.165) is 14.4 Å². The molecular formula is C18H13BrN6O5. The number of fused-ring (bicyclic) bond motifs is 1. The van der Waals surface area contributed by atoms with Crippen LogP contribution in [-0.2, 0) is 14.4 Å². The fourth-order valence-electron chi connectivity index (χ4n) is 3.27. The molecule has 0 radical (unpaired) electrons. The molecule has 0 saturated carbocycles. The van der Waals surface area contributed by atoms with Crippen molar-refractivity contribution in [3.8, 4) is 0 Å². The van der Waals surface area contributed by atoms with Gasteiger partial charge in [0.1, 0.15) is 12.2 Å². The Hall–Kier alpha value is -3.67. The van der Waals surface area contributed by atoms with Gasteiger partial charge < -0.3 is 5.32 Å². The van der Waals surface area contributed by atoms with Crippen molar-refractivity contribution in [3.05, 3.63) is 63.1 Å². The van der Waals surface area contributed by atoms with Crippen molar-refractivity contribution in [1.82, 2.24) is 5.01 Å². The Morgan fingerprint density at radius 3 is 2.53 bits per heavy atom. The van der Waals surface area contributed by atoms with E-state index in [1.54, 1.807) is 30.3 Å². The van der Waals surface area contributed by atoms with E-state index >= 15 is 0 Å². The molecule has 12 heteroatoms. The van der Waals surface area contributed by atoms with Gasteiger partial charge in [-0.2, -0.15) is 5.11 Å². The first kappa shape index (κ1) is 19.6. The smallest absolute Gasteiger partial charge is 0.292 e. The van der Waals surface area contributed by atoms with Crippen LogP contribution in [0.15, 0.2) is 63.3 Å². The number of nitrogens with one attached hydrogen (secondary N) is 1. The van der Waals surface area contributed by atoms with Gasteiger partial charge >= 0.3 is 0 Å². The fourth-order valence-corrected chi connectivity index (χ4v) is 3.54. The summed E-state index contributed by atoms with van der Waals surface area (Å²) in [6.07, 6.45) is 0. The predicted molar refractivity (Wildman–Crippen MR) is 107 cm³/mol. The van der Waals surface area contributed by atoms with Crippen molar-refractivity contribution in [2.24, 2.45) is 10.3 Å². The second kappa shape index (κ2) is 7.63. The third-order valence-corrected chi connectivity index (χ3v) is 5.15. The van der Waals surface area contributed by atoms with Crippen molar-refractivity contribution in [1.29, 1.82) is 0 Å². The minimum atomic E-state index is -1.04. The lowest BCUT2D eigenvalue weighted by molar-refractivity contribution is -0.383. The summed E-state index contributed by atoms with van der Waals surface area (Å²) < 4.78 is 0.790. The third-order valence-electron chi connectivity index (χ3n) is 4.62. The Bertz CT molecular complexity index is 1090. The molecule has 0 aromatic heterocycles. The Morgan fingerprint density at radius 2 is 1.83 bits per heavy atom. The molecule has 152 valence electrons. The van der Waals surface area contributed by atoms with Gasteiger partial charge in [-0.1, -0.05) is 33.3 Å². The number of hydrogen-bond donors (Lipinski definition) is 1. The normalized spacial score (nSPS) is 19.9. The molecule has 2 aliphatic heterocycles. The van der Waals surface area contributed by atoms with Gasteiger partial charge in [0.25, 0.3) is 17.5 Å². The number of amides is 3. The number of carbonyl (C=O) groups is 3. The summed E-state index contributed by atoms with van der Waals surface area (Å²) in [7, 11) is 0. The van der Waals surface area contributed by atoms with Crippen LogP contribution in [-0.4, -0.2) is 46.3 Å². The topological polar surface area (TPSA) is 138 Å². The van der Waals surface area contributed by atoms with E-state index in [0.29, 0.717) is 5.69 Å². The highest BCUT2D eigenvalue weighted by atomic mass is 79.9. The molecule has 1 saturated heterocycles. The first-order valence-corrected chi connectivity index (χ1v) is 9.50. The van der Waals surface area contributed by atoms with E-state index in [1.807, 2.05) is 0 Å². The predicted octanol–water partition coefficient (Wildman–Crippen LogP) is 2.29. The lowest BCUT2D eigenvalue weighted by Crippen LogP contribution is -2.43. The molecule has 1 N–H and O–H groups in total. The number of nitro benzene ring substituents is 1. The molecule has 1 fully saturated rings. The second-order valence-corrected chi connectivity index (χ2v) is 7.42. The summed E-state index contributed by atoms with van der Waals surface area (Å²) in [5.74, 6) is -1.71. The van der Waals surface area contributed by atoms with E-state index in [2.05, 4.69) is 31.6 Å². The van der Waals surface area contributed by atoms with Gasteiger partial charge in [0, 0.05) is 10.5 Å². The van der Waals surface area contributed by atoms with Gasteiger partial charge in [-0.3, -0.25) is 29.5 Å². The maximum absolute atomic E-state index is 12.9. The van der Waals surface area contributed by atoms with Crippen LogP contribution in [0.25, 0.3) is 0 Å². The largest absolute Gasteiger partial charge is 0.319 e. The molecule has 3 amide bonds. The molecule has 2 aliphatic rings. The maximum atomic E-state index is 12.9. The summed E-state index contributed by atoms with van der Waals surface area (Å²) in [5, 5.41) is 22.3. The summed E-state index contributed by atoms with van der Waals surface area (Å²) in [5.41, 5.74) is 0.146. The zero-order valence-corrected chi connectivity index (χ0v) is 16.7. The maximum Gasteiger partial charge on any atom is 0.292 e. The van der Waals surface area contributed by atoms with Crippen molar-refractivity contribution in [2.75, 3.05) is 16.8 Å². The molecule has 0 bridgehead atoms. The lowest BCUT2D eigenvalue weighted by Gasteiger charge is -2.20. The summed E-state index contributed by atoms with van der Waals surface area (Å²) >= 11 is 3.29. The van der Waals surface area contributed by atoms with Crippen LogP contribution in [0.3, 0.4) is 0 Å². The number of benzene rings is 2. The van der Waals surface area contributed by atoms with Crippen LogP contribution in [0.4, 0.5) is 17.1 Å². The van der Waals surface area contributed by atoms with Crippen LogP contribution in [0.2, 0.25) is 0 Å². The first-order valence-electron chi connectivity index (χ1n) is 8.71. The van der Waals surface area contributed by atoms with Crippen LogP contribution < -0.4 is 10.2 Å². The average Bonchev–Trinajstić information content (AvgIpc) is 3.23. The number of hydrogen-bond acceptors (Lipinski definition) is 8. The SMILES string of the molecule is O=C(CN1N=N[C@H]2C(=O)N(c3ccc(Br)cc3)C(=O)[C@@H]21)Nc1ccccc1[N+](=O)[O-]. The first-order chi connectivity index (χ1) is 14.4. The lowest BCUT2D eigenvalue weighted by atomic mass is 10.1. The van der Waals surface area contributed by atoms with Gasteiger partial charge in [0.15, 0.2) is 12.1 Å². The highest BCUT2D eigenvalue weighted by molar-refractivity contribution is 9.10. The van der Waals surface area contributed by atoms with E-state index in [1.165, 1.54) is 18.2 Å². The van der Waals surface area contributed by atoms with E-state index < -0.39 is 41.3 Å². The number of nitrogens with zero attached hydrogens (tertiary/aromatic N) is 5. The number of carbonyl (C=O) groups excluding carboxylic acids is 3. The van der Waals surface area contributed by atoms with E-state index in [9.17, 15) is 24.5 Å². The number of imide groups is 1. The molecular weight excluding hydrogens is 460 g/mol. The minimum Gasteiger partial charge on any atom is -0.319 e. The van der Waals surface area contributed by atoms with Crippen molar-refractivity contribution < 1.29 is 19.3 Å². The Balaban J connectivity index is 1.50. The van der Waals surface area contributed by atoms with Crippen LogP contribution in [0.5, 0.6) is 0 Å². The molecule has 2 aromatic rings. The Kier molecular flexibility index (Phi) is 4.99. The van der Waals surface area contributed by atoms with Gasteiger partial charge in [-0.15, -0.1) is 0 Å². The molecule has 0 aliphatic carbocycles. The van der Waals surface area contributed by atoms with Crippen molar-refractivity contribution >= 4 is 50.7 Å². The highest BCUT2D eigenvalue weighted by Crippen LogP contribution is 2.32. The molecule has 30 heavy (non-hydrogen) atoms. The number of para-hydroxylation sites is 2. The average molecular weight is 473 g/mol. The van der Waals surface area contributed by atoms with Crippen LogP contribution in [0, 0.1) is 10.1 Å². The Labute approximate surface area is 177 Å².